The van der Waals surface area contributed by atoms with Crippen LogP contribution >= 0.6 is 31.9 Å². The highest BCUT2D eigenvalue weighted by molar-refractivity contribution is 9.10. The summed E-state index contributed by atoms with van der Waals surface area (Å²) in [6.07, 6.45) is 4.72. The molecule has 0 unspecified atom stereocenters. The molecule has 26 heavy (non-hydrogen) atoms. The summed E-state index contributed by atoms with van der Waals surface area (Å²) >= 11 is 7.25. The minimum atomic E-state index is 0.257. The number of rotatable bonds is 3. The molecular formula is C22H26Br2N2. The largest absolute Gasteiger partial charge is 0.325 e. The molecule has 2 aromatic carbocycles. The molecule has 0 aromatic heterocycles. The van der Waals surface area contributed by atoms with Gasteiger partial charge in [-0.25, -0.2) is 0 Å². The van der Waals surface area contributed by atoms with Crippen molar-refractivity contribution in [3.63, 3.8) is 0 Å². The van der Waals surface area contributed by atoms with E-state index < -0.39 is 0 Å². The number of benzene rings is 2. The fourth-order valence-electron chi connectivity index (χ4n) is 4.13. The normalized spacial score (nSPS) is 14.8. The Labute approximate surface area is 174 Å². The molecule has 0 saturated carbocycles. The van der Waals surface area contributed by atoms with E-state index in [0.29, 0.717) is 5.92 Å². The molecule has 3 rings (SSSR count). The highest BCUT2D eigenvalue weighted by Gasteiger charge is 2.33. The molecule has 2 nitrogen and oxygen atoms in total. The van der Waals surface area contributed by atoms with E-state index in [4.69, 9.17) is 0 Å². The van der Waals surface area contributed by atoms with Gasteiger partial charge in [0, 0.05) is 32.7 Å². The molecule has 0 spiro atoms. The van der Waals surface area contributed by atoms with Gasteiger partial charge in [0.1, 0.15) is 6.17 Å². The Balaban J connectivity index is 2.10. The molecule has 0 radical (unpaired) electrons. The van der Waals surface area contributed by atoms with E-state index in [2.05, 4.69) is 120 Å². The minimum absolute atomic E-state index is 0.257. The summed E-state index contributed by atoms with van der Waals surface area (Å²) in [5, 5.41) is 0. The van der Waals surface area contributed by atoms with Crippen LogP contribution in [0.5, 0.6) is 0 Å². The molecule has 138 valence electrons. The number of hydrogen-bond donors (Lipinski definition) is 0. The lowest BCUT2D eigenvalue weighted by molar-refractivity contribution is 0.499. The van der Waals surface area contributed by atoms with Crippen LogP contribution in [0.25, 0.3) is 0 Å². The summed E-state index contributed by atoms with van der Waals surface area (Å²) < 4.78 is 2.27. The first-order valence-corrected chi connectivity index (χ1v) is 10.6. The van der Waals surface area contributed by atoms with Gasteiger partial charge in [0.25, 0.3) is 0 Å². The van der Waals surface area contributed by atoms with Crippen molar-refractivity contribution >= 4 is 43.2 Å². The first kappa shape index (κ1) is 19.5. The molecule has 1 heterocycles. The van der Waals surface area contributed by atoms with E-state index in [9.17, 15) is 0 Å². The molecule has 0 amide bonds. The molecule has 0 saturated heterocycles. The molecule has 0 fully saturated rings. The van der Waals surface area contributed by atoms with Crippen molar-refractivity contribution in [1.82, 2.24) is 0 Å². The fraction of sp³-hybridized carbons (Fsp3) is 0.364. The van der Waals surface area contributed by atoms with Crippen LogP contribution in [-0.2, 0) is 0 Å². The standard InChI is InChI=1S/C22H26Br2N2/c1-13(2)22-25(20-14(3)9-18(23)10-15(20)4)7-8-26(22)21-16(5)11-19(24)12-17(21)6/h7-13,22H,1-6H3. The van der Waals surface area contributed by atoms with Crippen LogP contribution in [0.4, 0.5) is 11.4 Å². The maximum atomic E-state index is 3.62. The molecule has 1 aliphatic heterocycles. The Kier molecular flexibility index (Phi) is 5.55. The zero-order chi connectivity index (χ0) is 19.2. The van der Waals surface area contributed by atoms with E-state index in [1.54, 1.807) is 0 Å². The van der Waals surface area contributed by atoms with Crippen molar-refractivity contribution in [1.29, 1.82) is 0 Å². The lowest BCUT2D eigenvalue weighted by atomic mass is 10.0. The van der Waals surface area contributed by atoms with Gasteiger partial charge in [0.05, 0.1) is 0 Å². The molecular weight excluding hydrogens is 452 g/mol. The van der Waals surface area contributed by atoms with Crippen molar-refractivity contribution in [3.05, 3.63) is 67.9 Å². The summed E-state index contributed by atoms with van der Waals surface area (Å²) in [4.78, 5) is 4.87. The van der Waals surface area contributed by atoms with Gasteiger partial charge >= 0.3 is 0 Å². The first-order chi connectivity index (χ1) is 12.2. The van der Waals surface area contributed by atoms with Crippen LogP contribution in [-0.4, -0.2) is 6.17 Å². The lowest BCUT2D eigenvalue weighted by Crippen LogP contribution is -2.43. The molecule has 0 atom stereocenters. The Hall–Kier alpha value is -1.26. The fourth-order valence-corrected chi connectivity index (χ4v) is 5.50. The van der Waals surface area contributed by atoms with Crippen LogP contribution in [0.2, 0.25) is 0 Å². The Morgan fingerprint density at radius 3 is 1.27 bits per heavy atom. The highest BCUT2D eigenvalue weighted by atomic mass is 79.9. The predicted molar refractivity (Wildman–Crippen MR) is 120 cm³/mol. The zero-order valence-electron chi connectivity index (χ0n) is 16.3. The average molecular weight is 478 g/mol. The number of hydrogen-bond acceptors (Lipinski definition) is 2. The van der Waals surface area contributed by atoms with Crippen molar-refractivity contribution in [2.45, 2.75) is 47.7 Å². The van der Waals surface area contributed by atoms with E-state index >= 15 is 0 Å². The van der Waals surface area contributed by atoms with E-state index in [0.717, 1.165) is 8.95 Å². The minimum Gasteiger partial charge on any atom is -0.325 e. The molecule has 0 N–H and O–H groups in total. The third-order valence-electron chi connectivity index (χ3n) is 4.98. The monoisotopic (exact) mass is 476 g/mol. The van der Waals surface area contributed by atoms with Crippen molar-refractivity contribution < 1.29 is 0 Å². The Morgan fingerprint density at radius 1 is 0.692 bits per heavy atom. The van der Waals surface area contributed by atoms with Crippen LogP contribution < -0.4 is 9.80 Å². The summed E-state index contributed by atoms with van der Waals surface area (Å²) in [6, 6.07) is 8.80. The van der Waals surface area contributed by atoms with Crippen molar-refractivity contribution in [2.24, 2.45) is 5.92 Å². The summed E-state index contributed by atoms with van der Waals surface area (Å²) in [5.74, 6) is 0.467. The van der Waals surface area contributed by atoms with Gasteiger partial charge in [0.15, 0.2) is 0 Å². The van der Waals surface area contributed by atoms with Gasteiger partial charge < -0.3 is 9.80 Å². The smallest absolute Gasteiger partial charge is 0.112 e. The number of anilines is 2. The topological polar surface area (TPSA) is 6.48 Å². The van der Waals surface area contributed by atoms with Crippen LogP contribution in [0.1, 0.15) is 36.1 Å². The molecule has 1 aliphatic rings. The van der Waals surface area contributed by atoms with Gasteiger partial charge in [0.2, 0.25) is 0 Å². The van der Waals surface area contributed by atoms with Gasteiger partial charge in [-0.2, -0.15) is 0 Å². The van der Waals surface area contributed by atoms with Crippen molar-refractivity contribution in [2.75, 3.05) is 9.80 Å². The SMILES string of the molecule is Cc1cc(Br)cc(C)c1N1C=CN(c2c(C)cc(Br)cc2C)C1C(C)C. The molecule has 0 bridgehead atoms. The molecule has 0 aliphatic carbocycles. The van der Waals surface area contributed by atoms with Crippen LogP contribution in [0.15, 0.2) is 45.6 Å². The number of halogens is 2. The Bertz CT molecular complexity index is 757. The molecule has 2 aromatic rings. The summed E-state index contributed by atoms with van der Waals surface area (Å²) in [7, 11) is 0. The quantitative estimate of drug-likeness (QED) is 0.460. The van der Waals surface area contributed by atoms with Gasteiger partial charge in [-0.1, -0.05) is 45.7 Å². The van der Waals surface area contributed by atoms with Crippen molar-refractivity contribution in [3.8, 4) is 0 Å². The van der Waals surface area contributed by atoms with E-state index in [1.807, 2.05) is 0 Å². The molecule has 4 heteroatoms. The average Bonchev–Trinajstić information content (AvgIpc) is 2.89. The second-order valence-electron chi connectivity index (χ2n) is 7.55. The lowest BCUT2D eigenvalue weighted by Gasteiger charge is -2.38. The summed E-state index contributed by atoms with van der Waals surface area (Å²) in [5.41, 5.74) is 7.77. The van der Waals surface area contributed by atoms with E-state index in [1.165, 1.54) is 33.6 Å². The third kappa shape index (κ3) is 3.46. The van der Waals surface area contributed by atoms with Crippen LogP contribution in [0.3, 0.4) is 0 Å². The second kappa shape index (κ2) is 7.40. The van der Waals surface area contributed by atoms with E-state index in [-0.39, 0.29) is 6.17 Å². The van der Waals surface area contributed by atoms with Crippen LogP contribution in [0, 0.1) is 33.6 Å². The van der Waals surface area contributed by atoms with Gasteiger partial charge in [-0.15, -0.1) is 0 Å². The predicted octanol–water partition coefficient (Wildman–Crippen LogP) is 7.23. The zero-order valence-corrected chi connectivity index (χ0v) is 19.4. The number of aryl methyl sites for hydroxylation is 4. The number of nitrogens with zero attached hydrogens (tertiary/aromatic N) is 2. The van der Waals surface area contributed by atoms with Gasteiger partial charge in [-0.3, -0.25) is 0 Å². The maximum Gasteiger partial charge on any atom is 0.112 e. The first-order valence-electron chi connectivity index (χ1n) is 8.99. The third-order valence-corrected chi connectivity index (χ3v) is 5.90. The summed E-state index contributed by atoms with van der Waals surface area (Å²) in [6.45, 7) is 13.4. The second-order valence-corrected chi connectivity index (χ2v) is 9.38. The highest BCUT2D eigenvalue weighted by Crippen LogP contribution is 2.40. The maximum absolute atomic E-state index is 3.62. The van der Waals surface area contributed by atoms with Gasteiger partial charge in [-0.05, 0) is 80.1 Å². The Morgan fingerprint density at radius 2 is 1.00 bits per heavy atom.